The van der Waals surface area contributed by atoms with Crippen molar-refractivity contribution in [3.63, 3.8) is 0 Å². The Kier molecular flexibility index (Phi) is 6.54. The van der Waals surface area contributed by atoms with Crippen molar-refractivity contribution in [2.45, 2.75) is 32.7 Å². The number of piperidine rings is 1. The van der Waals surface area contributed by atoms with E-state index >= 15 is 0 Å². The van der Waals surface area contributed by atoms with Crippen LogP contribution in [0.2, 0.25) is 0 Å². The summed E-state index contributed by atoms with van der Waals surface area (Å²) in [5.74, 6) is 1.69. The molecule has 1 aromatic rings. The normalized spacial score (nSPS) is 23.2. The van der Waals surface area contributed by atoms with Gasteiger partial charge in [-0.15, -0.1) is 0 Å². The highest BCUT2D eigenvalue weighted by atomic mass is 16.5. The van der Waals surface area contributed by atoms with Gasteiger partial charge in [0.25, 0.3) is 5.91 Å². The standard InChI is InChI=1S/C21H33N3O2/c1-4-26-20-7-5-19(6-8-20)21(25)23-11-9-18(10-12-23)16-24-14-13-22(3)15-17(24)2/h5-8,17-18H,4,9-16H2,1-3H3/t17-/m0/s1. The molecule has 1 aromatic carbocycles. The average Bonchev–Trinajstić information content (AvgIpc) is 2.65. The molecule has 5 nitrogen and oxygen atoms in total. The summed E-state index contributed by atoms with van der Waals surface area (Å²) in [6.07, 6.45) is 2.23. The zero-order valence-corrected chi connectivity index (χ0v) is 16.5. The molecule has 0 aromatic heterocycles. The minimum absolute atomic E-state index is 0.152. The fourth-order valence-electron chi connectivity index (χ4n) is 4.14. The van der Waals surface area contributed by atoms with E-state index in [4.69, 9.17) is 4.74 Å². The van der Waals surface area contributed by atoms with Gasteiger partial charge >= 0.3 is 0 Å². The van der Waals surface area contributed by atoms with Crippen LogP contribution in [0.3, 0.4) is 0 Å². The van der Waals surface area contributed by atoms with E-state index in [0.717, 1.165) is 43.8 Å². The van der Waals surface area contributed by atoms with Crippen LogP contribution in [-0.4, -0.2) is 79.6 Å². The maximum Gasteiger partial charge on any atom is 0.253 e. The molecule has 144 valence electrons. The second-order valence-electron chi connectivity index (χ2n) is 7.80. The molecule has 0 unspecified atom stereocenters. The number of likely N-dealkylation sites (tertiary alicyclic amines) is 1. The monoisotopic (exact) mass is 359 g/mol. The predicted octanol–water partition coefficient (Wildman–Crippen LogP) is 2.57. The van der Waals surface area contributed by atoms with Crippen molar-refractivity contribution >= 4 is 5.91 Å². The maximum absolute atomic E-state index is 12.7. The molecule has 1 atom stereocenters. The van der Waals surface area contributed by atoms with Crippen LogP contribution in [0, 0.1) is 5.92 Å². The Morgan fingerprint density at radius 3 is 2.42 bits per heavy atom. The molecule has 2 aliphatic heterocycles. The Morgan fingerprint density at radius 1 is 1.12 bits per heavy atom. The summed E-state index contributed by atoms with van der Waals surface area (Å²) < 4.78 is 5.46. The molecule has 0 spiro atoms. The molecule has 0 N–H and O–H groups in total. The van der Waals surface area contributed by atoms with Gasteiger partial charge in [0.2, 0.25) is 0 Å². The van der Waals surface area contributed by atoms with Gasteiger partial charge < -0.3 is 14.5 Å². The molecule has 2 heterocycles. The lowest BCUT2D eigenvalue weighted by Gasteiger charge is -2.41. The Labute approximate surface area is 157 Å². The van der Waals surface area contributed by atoms with Crippen LogP contribution in [0.25, 0.3) is 0 Å². The maximum atomic E-state index is 12.7. The summed E-state index contributed by atoms with van der Waals surface area (Å²) in [5, 5.41) is 0. The van der Waals surface area contributed by atoms with Crippen molar-refractivity contribution in [1.29, 1.82) is 0 Å². The van der Waals surface area contributed by atoms with Crippen molar-refractivity contribution in [3.8, 4) is 5.75 Å². The first kappa shape index (κ1) is 19.2. The molecule has 2 aliphatic rings. The number of amides is 1. The fourth-order valence-corrected chi connectivity index (χ4v) is 4.14. The number of carbonyl (C=O) groups excluding carboxylic acids is 1. The number of rotatable bonds is 5. The highest BCUT2D eigenvalue weighted by Gasteiger charge is 2.28. The van der Waals surface area contributed by atoms with Crippen LogP contribution >= 0.6 is 0 Å². The molecule has 5 heteroatoms. The Balaban J connectivity index is 1.47. The number of hydrogen-bond acceptors (Lipinski definition) is 4. The lowest BCUT2D eigenvalue weighted by molar-refractivity contribution is 0.0556. The molecule has 1 amide bonds. The van der Waals surface area contributed by atoms with Gasteiger partial charge in [0.05, 0.1) is 6.61 Å². The third-order valence-electron chi connectivity index (χ3n) is 5.77. The van der Waals surface area contributed by atoms with Gasteiger partial charge in [-0.25, -0.2) is 0 Å². The highest BCUT2D eigenvalue weighted by molar-refractivity contribution is 5.94. The van der Waals surface area contributed by atoms with Gasteiger partial charge in [0.1, 0.15) is 5.75 Å². The highest BCUT2D eigenvalue weighted by Crippen LogP contribution is 2.22. The predicted molar refractivity (Wildman–Crippen MR) is 105 cm³/mol. The van der Waals surface area contributed by atoms with E-state index < -0.39 is 0 Å². The summed E-state index contributed by atoms with van der Waals surface area (Å²) in [6.45, 7) is 11.4. The smallest absolute Gasteiger partial charge is 0.253 e. The van der Waals surface area contributed by atoms with E-state index in [0.29, 0.717) is 18.6 Å². The van der Waals surface area contributed by atoms with E-state index in [1.54, 1.807) is 0 Å². The van der Waals surface area contributed by atoms with E-state index in [2.05, 4.69) is 23.8 Å². The first-order valence-electron chi connectivity index (χ1n) is 10.0. The quantitative estimate of drug-likeness (QED) is 0.810. The van der Waals surface area contributed by atoms with E-state index in [-0.39, 0.29) is 5.91 Å². The van der Waals surface area contributed by atoms with Gasteiger partial charge in [-0.1, -0.05) is 0 Å². The summed E-state index contributed by atoms with van der Waals surface area (Å²) in [7, 11) is 2.21. The fraction of sp³-hybridized carbons (Fsp3) is 0.667. The second kappa shape index (κ2) is 8.87. The second-order valence-corrected chi connectivity index (χ2v) is 7.80. The minimum atomic E-state index is 0.152. The summed E-state index contributed by atoms with van der Waals surface area (Å²) in [6, 6.07) is 8.17. The molecule has 2 fully saturated rings. The first-order valence-corrected chi connectivity index (χ1v) is 10.0. The Morgan fingerprint density at radius 2 is 1.81 bits per heavy atom. The van der Waals surface area contributed by atoms with Crippen molar-refractivity contribution < 1.29 is 9.53 Å². The molecule has 0 radical (unpaired) electrons. The molecule has 2 saturated heterocycles. The van der Waals surface area contributed by atoms with Crippen molar-refractivity contribution in [3.05, 3.63) is 29.8 Å². The number of ether oxygens (including phenoxy) is 1. The van der Waals surface area contributed by atoms with E-state index in [1.165, 1.54) is 19.6 Å². The van der Waals surface area contributed by atoms with Crippen molar-refractivity contribution in [2.24, 2.45) is 5.92 Å². The Hall–Kier alpha value is -1.59. The minimum Gasteiger partial charge on any atom is -0.494 e. The topological polar surface area (TPSA) is 36.0 Å². The molecule has 0 bridgehead atoms. The van der Waals surface area contributed by atoms with Crippen LogP contribution in [0.5, 0.6) is 5.75 Å². The molecule has 0 aliphatic carbocycles. The average molecular weight is 360 g/mol. The number of benzene rings is 1. The van der Waals surface area contributed by atoms with Crippen molar-refractivity contribution in [1.82, 2.24) is 14.7 Å². The third kappa shape index (κ3) is 4.77. The van der Waals surface area contributed by atoms with Gasteiger partial charge in [-0.2, -0.15) is 0 Å². The van der Waals surface area contributed by atoms with Crippen LogP contribution in [0.1, 0.15) is 37.0 Å². The van der Waals surface area contributed by atoms with Crippen LogP contribution < -0.4 is 4.74 Å². The third-order valence-corrected chi connectivity index (χ3v) is 5.77. The number of likely N-dealkylation sites (N-methyl/N-ethyl adjacent to an activating group) is 1. The number of nitrogens with zero attached hydrogens (tertiary/aromatic N) is 3. The lowest BCUT2D eigenvalue weighted by Crippen LogP contribution is -2.52. The van der Waals surface area contributed by atoms with Gasteiger partial charge in [-0.05, 0) is 63.9 Å². The molecule has 3 rings (SSSR count). The first-order chi connectivity index (χ1) is 12.6. The summed E-state index contributed by atoms with van der Waals surface area (Å²) in [5.41, 5.74) is 0.764. The van der Waals surface area contributed by atoms with Gasteiger partial charge in [0.15, 0.2) is 0 Å². The van der Waals surface area contributed by atoms with E-state index in [1.807, 2.05) is 36.1 Å². The summed E-state index contributed by atoms with van der Waals surface area (Å²) in [4.78, 5) is 19.8. The zero-order chi connectivity index (χ0) is 18.5. The zero-order valence-electron chi connectivity index (χ0n) is 16.5. The van der Waals surface area contributed by atoms with Crippen LogP contribution in [0.15, 0.2) is 24.3 Å². The molecule has 0 saturated carbocycles. The van der Waals surface area contributed by atoms with Crippen molar-refractivity contribution in [2.75, 3.05) is 52.9 Å². The van der Waals surface area contributed by atoms with Gasteiger partial charge in [0, 0.05) is 50.9 Å². The summed E-state index contributed by atoms with van der Waals surface area (Å²) >= 11 is 0. The molecular weight excluding hydrogens is 326 g/mol. The van der Waals surface area contributed by atoms with Crippen LogP contribution in [-0.2, 0) is 0 Å². The number of hydrogen-bond donors (Lipinski definition) is 0. The van der Waals surface area contributed by atoms with E-state index in [9.17, 15) is 4.79 Å². The SMILES string of the molecule is CCOc1ccc(C(=O)N2CCC(CN3CCN(C)C[C@@H]3C)CC2)cc1. The van der Waals surface area contributed by atoms with Crippen LogP contribution in [0.4, 0.5) is 0 Å². The lowest BCUT2D eigenvalue weighted by atomic mass is 9.94. The Bertz CT molecular complexity index is 581. The number of carbonyl (C=O) groups is 1. The largest absolute Gasteiger partial charge is 0.494 e. The molecular formula is C21H33N3O2. The number of piperazine rings is 1. The van der Waals surface area contributed by atoms with Gasteiger partial charge in [-0.3, -0.25) is 9.69 Å². The molecule has 26 heavy (non-hydrogen) atoms.